The molecule has 3 aliphatic rings. The van der Waals surface area contributed by atoms with E-state index >= 15 is 0 Å². The van der Waals surface area contributed by atoms with Crippen molar-refractivity contribution >= 4 is 0 Å². The van der Waals surface area contributed by atoms with E-state index in [0.29, 0.717) is 51.0 Å². The van der Waals surface area contributed by atoms with Gasteiger partial charge in [-0.3, -0.25) is 0 Å². The number of aliphatic hydroxyl groups is 1. The molecular formula is C33H30O7. The molecule has 2 bridgehead atoms. The predicted octanol–water partition coefficient (Wildman–Crippen LogP) is 5.91. The molecule has 0 aromatic heterocycles. The number of phenols is 1. The fraction of sp³-hybridized carbons (Fsp3) is 0.273. The van der Waals surface area contributed by atoms with E-state index in [9.17, 15) is 10.2 Å². The van der Waals surface area contributed by atoms with E-state index in [1.54, 1.807) is 27.2 Å². The molecule has 204 valence electrons. The molecule has 7 heteroatoms. The van der Waals surface area contributed by atoms with Crippen molar-refractivity contribution in [3.8, 4) is 34.5 Å². The fourth-order valence-corrected chi connectivity index (χ4v) is 6.47. The van der Waals surface area contributed by atoms with Crippen LogP contribution in [0.1, 0.15) is 51.8 Å². The van der Waals surface area contributed by atoms with E-state index < -0.39 is 17.8 Å². The van der Waals surface area contributed by atoms with Gasteiger partial charge in [-0.05, 0) is 25.3 Å². The highest BCUT2D eigenvalue weighted by molar-refractivity contribution is 5.69. The van der Waals surface area contributed by atoms with Gasteiger partial charge in [0.15, 0.2) is 0 Å². The van der Waals surface area contributed by atoms with Crippen molar-refractivity contribution < 1.29 is 33.9 Å². The van der Waals surface area contributed by atoms with Crippen LogP contribution in [0.4, 0.5) is 0 Å². The summed E-state index contributed by atoms with van der Waals surface area (Å²) < 4.78 is 31.7. The van der Waals surface area contributed by atoms with Gasteiger partial charge in [-0.1, -0.05) is 60.7 Å². The van der Waals surface area contributed by atoms with Crippen molar-refractivity contribution in [1.29, 1.82) is 0 Å². The molecule has 3 aliphatic heterocycles. The second kappa shape index (κ2) is 9.10. The number of rotatable bonds is 4. The maximum atomic E-state index is 12.2. The van der Waals surface area contributed by atoms with E-state index in [1.807, 2.05) is 54.6 Å². The second-order valence-corrected chi connectivity index (χ2v) is 10.5. The summed E-state index contributed by atoms with van der Waals surface area (Å²) in [4.78, 5) is 0. The Morgan fingerprint density at radius 2 is 1.55 bits per heavy atom. The average Bonchev–Trinajstić information content (AvgIpc) is 2.99. The van der Waals surface area contributed by atoms with Gasteiger partial charge in [-0.15, -0.1) is 0 Å². The fourth-order valence-electron chi connectivity index (χ4n) is 6.47. The Bertz CT molecular complexity index is 1600. The summed E-state index contributed by atoms with van der Waals surface area (Å²) in [5, 5.41) is 23.0. The second-order valence-electron chi connectivity index (χ2n) is 10.5. The van der Waals surface area contributed by atoms with Crippen molar-refractivity contribution in [2.24, 2.45) is 0 Å². The Hall–Kier alpha value is -4.36. The summed E-state index contributed by atoms with van der Waals surface area (Å²) in [7, 11) is 3.19. The van der Waals surface area contributed by atoms with Crippen LogP contribution in [0.15, 0.2) is 72.8 Å². The van der Waals surface area contributed by atoms with Gasteiger partial charge in [-0.25, -0.2) is 0 Å². The molecule has 0 saturated heterocycles. The van der Waals surface area contributed by atoms with E-state index in [0.717, 1.165) is 24.0 Å². The highest BCUT2D eigenvalue weighted by atomic mass is 16.7. The van der Waals surface area contributed by atoms with E-state index in [1.165, 1.54) is 0 Å². The SMILES string of the molecule is COc1cc2c(c3c1CC[C@@H](c1ccccc1)O3)[C@H]1c3c(cc(O)c(C)c3OC)O[C@](c3ccccc3)(O2)[C@@H]1O. The van der Waals surface area contributed by atoms with Crippen molar-refractivity contribution in [3.63, 3.8) is 0 Å². The van der Waals surface area contributed by atoms with Crippen LogP contribution in [0.5, 0.6) is 34.5 Å². The minimum absolute atomic E-state index is 0.0330. The molecule has 0 unspecified atom stereocenters. The Balaban J connectivity index is 1.52. The largest absolute Gasteiger partial charge is 0.507 e. The van der Waals surface area contributed by atoms with Crippen LogP contribution >= 0.6 is 0 Å². The van der Waals surface area contributed by atoms with E-state index in [2.05, 4.69) is 12.1 Å². The van der Waals surface area contributed by atoms with E-state index in [4.69, 9.17) is 23.7 Å². The molecule has 7 nitrogen and oxygen atoms in total. The summed E-state index contributed by atoms with van der Waals surface area (Å²) >= 11 is 0. The Labute approximate surface area is 232 Å². The Morgan fingerprint density at radius 3 is 2.23 bits per heavy atom. The number of fused-ring (bicyclic) bond motifs is 8. The van der Waals surface area contributed by atoms with Crippen LogP contribution in [0, 0.1) is 6.92 Å². The topological polar surface area (TPSA) is 86.6 Å². The molecule has 7 rings (SSSR count). The third-order valence-electron chi connectivity index (χ3n) is 8.38. The molecule has 4 aromatic carbocycles. The highest BCUT2D eigenvalue weighted by Crippen LogP contribution is 2.62. The zero-order valence-corrected chi connectivity index (χ0v) is 22.5. The van der Waals surface area contributed by atoms with Gasteiger partial charge in [-0.2, -0.15) is 0 Å². The summed E-state index contributed by atoms with van der Waals surface area (Å²) in [6.45, 7) is 1.78. The molecule has 0 fully saturated rings. The summed E-state index contributed by atoms with van der Waals surface area (Å²) in [5.74, 6) is 0.445. The van der Waals surface area contributed by atoms with Gasteiger partial charge < -0.3 is 33.9 Å². The molecule has 3 heterocycles. The first-order valence-corrected chi connectivity index (χ1v) is 13.4. The van der Waals surface area contributed by atoms with Crippen LogP contribution < -0.4 is 23.7 Å². The lowest BCUT2D eigenvalue weighted by molar-refractivity contribution is -0.218. The zero-order chi connectivity index (χ0) is 27.6. The smallest absolute Gasteiger partial charge is 0.305 e. The van der Waals surface area contributed by atoms with Gasteiger partial charge in [0.25, 0.3) is 0 Å². The first-order valence-electron chi connectivity index (χ1n) is 13.4. The summed E-state index contributed by atoms with van der Waals surface area (Å²) in [6, 6.07) is 22.9. The minimum Gasteiger partial charge on any atom is -0.507 e. The first kappa shape index (κ1) is 24.7. The van der Waals surface area contributed by atoms with Crippen molar-refractivity contribution in [3.05, 3.63) is 106 Å². The number of ether oxygens (including phenoxy) is 5. The minimum atomic E-state index is -1.58. The summed E-state index contributed by atoms with van der Waals surface area (Å²) in [6.07, 6.45) is 0.175. The van der Waals surface area contributed by atoms with Crippen LogP contribution in [-0.2, 0) is 12.2 Å². The van der Waals surface area contributed by atoms with Crippen molar-refractivity contribution in [1.82, 2.24) is 0 Å². The number of phenolic OH excluding ortho intramolecular Hbond substituents is 1. The molecule has 4 atom stereocenters. The molecule has 40 heavy (non-hydrogen) atoms. The lowest BCUT2D eigenvalue weighted by Gasteiger charge is -2.50. The van der Waals surface area contributed by atoms with Crippen LogP contribution in [0.2, 0.25) is 0 Å². The average molecular weight is 539 g/mol. The van der Waals surface area contributed by atoms with Gasteiger partial charge in [0.1, 0.15) is 46.7 Å². The highest BCUT2D eigenvalue weighted by Gasteiger charge is 2.60. The van der Waals surface area contributed by atoms with Gasteiger partial charge in [0.05, 0.1) is 20.1 Å². The van der Waals surface area contributed by atoms with Crippen molar-refractivity contribution in [2.75, 3.05) is 14.2 Å². The Morgan fingerprint density at radius 1 is 0.875 bits per heavy atom. The lowest BCUT2D eigenvalue weighted by Crippen LogP contribution is -2.57. The molecule has 0 radical (unpaired) electrons. The van der Waals surface area contributed by atoms with Gasteiger partial charge in [0, 0.05) is 39.9 Å². The maximum Gasteiger partial charge on any atom is 0.305 e. The van der Waals surface area contributed by atoms with E-state index in [-0.39, 0.29) is 11.9 Å². The third-order valence-corrected chi connectivity index (χ3v) is 8.38. The monoisotopic (exact) mass is 538 g/mol. The van der Waals surface area contributed by atoms with Crippen LogP contribution in [0.25, 0.3) is 0 Å². The number of aliphatic hydroxyl groups excluding tert-OH is 1. The number of hydrogen-bond donors (Lipinski definition) is 2. The molecule has 2 N–H and O–H groups in total. The van der Waals surface area contributed by atoms with Crippen LogP contribution in [-0.4, -0.2) is 30.5 Å². The maximum absolute atomic E-state index is 12.2. The quantitative estimate of drug-likeness (QED) is 0.334. The normalized spacial score (nSPS) is 23.9. The zero-order valence-electron chi connectivity index (χ0n) is 22.5. The predicted molar refractivity (Wildman–Crippen MR) is 148 cm³/mol. The lowest BCUT2D eigenvalue weighted by atomic mass is 9.74. The summed E-state index contributed by atoms with van der Waals surface area (Å²) in [5.41, 5.74) is 4.55. The van der Waals surface area contributed by atoms with Gasteiger partial charge >= 0.3 is 5.79 Å². The number of methoxy groups -OCH3 is 2. The molecule has 0 amide bonds. The number of benzene rings is 4. The third kappa shape index (κ3) is 3.40. The van der Waals surface area contributed by atoms with Gasteiger partial charge in [0.2, 0.25) is 0 Å². The first-order chi connectivity index (χ1) is 19.5. The van der Waals surface area contributed by atoms with Crippen molar-refractivity contribution in [2.45, 2.75) is 43.7 Å². The standard InChI is InChI=1S/C33H30O7/c1-18-22(34)16-25-27(30(18)37-3)29-28-26(40-33(39-25,32(29)35)20-12-8-5-9-13-20)17-24(36-2)21-14-15-23(38-31(21)28)19-10-6-4-7-11-19/h4-13,16-17,23,29,32,34-35H,14-15H2,1-3H3/t23-,29+,32+,33+/m0/s1. The molecule has 0 saturated carbocycles. The molecular weight excluding hydrogens is 508 g/mol. The van der Waals surface area contributed by atoms with Crippen LogP contribution in [0.3, 0.4) is 0 Å². The number of aromatic hydroxyl groups is 1. The molecule has 4 aromatic rings. The molecule has 0 spiro atoms. The number of hydrogen-bond acceptors (Lipinski definition) is 7. The Kier molecular flexibility index (Phi) is 5.61. The molecule has 0 aliphatic carbocycles.